The van der Waals surface area contributed by atoms with Crippen molar-refractivity contribution in [3.63, 3.8) is 0 Å². The van der Waals surface area contributed by atoms with Crippen molar-refractivity contribution in [3.8, 4) is 0 Å². The summed E-state index contributed by atoms with van der Waals surface area (Å²) in [5.74, 6) is 1.80. The van der Waals surface area contributed by atoms with Crippen LogP contribution in [-0.4, -0.2) is 17.1 Å². The highest BCUT2D eigenvalue weighted by Crippen LogP contribution is 2.63. The van der Waals surface area contributed by atoms with Crippen LogP contribution in [0.1, 0.15) is 65.2 Å². The number of ketones is 2. The number of nitrogens with two attached hydrogens (primary N) is 1. The van der Waals surface area contributed by atoms with E-state index in [2.05, 4.69) is 19.9 Å². The van der Waals surface area contributed by atoms with Crippen LogP contribution in [0.25, 0.3) is 0 Å². The summed E-state index contributed by atoms with van der Waals surface area (Å²) >= 11 is 0. The van der Waals surface area contributed by atoms with Gasteiger partial charge in [0.05, 0.1) is 0 Å². The zero-order valence-corrected chi connectivity index (χ0v) is 13.8. The fraction of sp³-hybridized carbons (Fsp3) is 0.789. The molecule has 3 saturated carbocycles. The molecule has 22 heavy (non-hydrogen) atoms. The van der Waals surface area contributed by atoms with Gasteiger partial charge in [-0.1, -0.05) is 25.5 Å². The lowest BCUT2D eigenvalue weighted by Gasteiger charge is -2.59. The van der Waals surface area contributed by atoms with Crippen LogP contribution in [0.15, 0.2) is 11.6 Å². The maximum absolute atomic E-state index is 12.4. The molecule has 0 radical (unpaired) electrons. The maximum atomic E-state index is 12.4. The van der Waals surface area contributed by atoms with Gasteiger partial charge in [0, 0.05) is 35.6 Å². The van der Waals surface area contributed by atoms with Crippen molar-refractivity contribution < 1.29 is 9.59 Å². The number of hydrogen-bond acceptors (Lipinski definition) is 3. The van der Waals surface area contributed by atoms with Gasteiger partial charge in [-0.05, 0) is 43.9 Å². The smallest absolute Gasteiger partial charge is 0.139 e. The first kappa shape index (κ1) is 14.6. The first-order chi connectivity index (χ1) is 10.3. The molecule has 120 valence electrons. The lowest BCUT2D eigenvalue weighted by Crippen LogP contribution is -2.63. The van der Waals surface area contributed by atoms with E-state index in [1.165, 1.54) is 5.57 Å². The van der Waals surface area contributed by atoms with Gasteiger partial charge < -0.3 is 5.73 Å². The molecule has 0 spiro atoms. The zero-order valence-electron chi connectivity index (χ0n) is 13.8. The Balaban J connectivity index is 1.77. The highest BCUT2D eigenvalue weighted by Gasteiger charge is 2.60. The number of rotatable bonds is 0. The van der Waals surface area contributed by atoms with E-state index in [4.69, 9.17) is 5.73 Å². The molecule has 5 atom stereocenters. The van der Waals surface area contributed by atoms with E-state index in [1.807, 2.05) is 0 Å². The Kier molecular flexibility index (Phi) is 2.87. The number of allylic oxidation sites excluding steroid dienone is 1. The van der Waals surface area contributed by atoms with Gasteiger partial charge in [0.15, 0.2) is 0 Å². The number of fused-ring (bicyclic) bond motifs is 5. The first-order valence-corrected chi connectivity index (χ1v) is 8.85. The third-order valence-electron chi connectivity index (χ3n) is 7.82. The molecule has 4 aliphatic rings. The molecule has 0 bridgehead atoms. The number of Topliss-reactive ketones (excluding diaryl/α,β-unsaturated/α-hetero) is 2. The monoisotopic (exact) mass is 301 g/mol. The second-order valence-corrected chi connectivity index (χ2v) is 8.70. The quantitative estimate of drug-likeness (QED) is 0.699. The van der Waals surface area contributed by atoms with Gasteiger partial charge in [-0.3, -0.25) is 9.59 Å². The van der Waals surface area contributed by atoms with Crippen LogP contribution in [0.3, 0.4) is 0 Å². The van der Waals surface area contributed by atoms with Gasteiger partial charge in [-0.25, -0.2) is 0 Å². The van der Waals surface area contributed by atoms with Crippen LogP contribution in [0.2, 0.25) is 0 Å². The lowest BCUT2D eigenvalue weighted by atomic mass is 9.47. The summed E-state index contributed by atoms with van der Waals surface area (Å²) in [6.45, 7) is 4.47. The molecule has 0 aromatic carbocycles. The molecule has 4 aliphatic carbocycles. The molecule has 3 nitrogen and oxygen atoms in total. The fourth-order valence-corrected chi connectivity index (χ4v) is 6.17. The van der Waals surface area contributed by atoms with E-state index in [-0.39, 0.29) is 16.4 Å². The standard InChI is InChI=1S/C19H27NO2/c1-17-8-7-15-13(14(17)3-4-16(17)22)6-10-19(20)11-12(21)5-9-18(15,19)2/h7,13-14H,3-6,8-11,20H2,1-2H3/t13-,14+,17+,18+,19-/m0/s1. The van der Waals surface area contributed by atoms with Gasteiger partial charge in [-0.2, -0.15) is 0 Å². The summed E-state index contributed by atoms with van der Waals surface area (Å²) in [6, 6.07) is 0. The van der Waals surface area contributed by atoms with Crippen molar-refractivity contribution in [3.05, 3.63) is 11.6 Å². The van der Waals surface area contributed by atoms with Gasteiger partial charge in [0.25, 0.3) is 0 Å². The Morgan fingerprint density at radius 2 is 1.91 bits per heavy atom. The minimum atomic E-state index is -0.360. The van der Waals surface area contributed by atoms with Crippen LogP contribution in [0, 0.1) is 22.7 Å². The van der Waals surface area contributed by atoms with Crippen molar-refractivity contribution in [2.75, 3.05) is 0 Å². The van der Waals surface area contributed by atoms with Gasteiger partial charge in [0.1, 0.15) is 11.6 Å². The molecule has 3 heteroatoms. The lowest BCUT2D eigenvalue weighted by molar-refractivity contribution is -0.128. The molecule has 0 saturated heterocycles. The first-order valence-electron chi connectivity index (χ1n) is 8.85. The molecular weight excluding hydrogens is 274 g/mol. The van der Waals surface area contributed by atoms with Gasteiger partial charge in [0.2, 0.25) is 0 Å². The van der Waals surface area contributed by atoms with Crippen LogP contribution in [0.4, 0.5) is 0 Å². The molecule has 0 aromatic rings. The zero-order chi connectivity index (χ0) is 15.8. The van der Waals surface area contributed by atoms with Crippen molar-refractivity contribution in [2.24, 2.45) is 28.4 Å². The highest BCUT2D eigenvalue weighted by molar-refractivity contribution is 5.87. The van der Waals surface area contributed by atoms with E-state index in [1.54, 1.807) is 0 Å². The van der Waals surface area contributed by atoms with E-state index in [0.717, 1.165) is 38.5 Å². The van der Waals surface area contributed by atoms with Crippen molar-refractivity contribution in [2.45, 2.75) is 70.8 Å². The van der Waals surface area contributed by atoms with Crippen molar-refractivity contribution in [1.29, 1.82) is 0 Å². The largest absolute Gasteiger partial charge is 0.324 e. The molecule has 0 aliphatic heterocycles. The number of carbonyl (C=O) groups excluding carboxylic acids is 2. The third-order valence-corrected chi connectivity index (χ3v) is 7.82. The average molecular weight is 301 g/mol. The predicted octanol–water partition coefficient (Wildman–Crippen LogP) is 3.17. The molecule has 0 amide bonds. The SMILES string of the molecule is C[C@@]12CC=C3[C@@H](CC[C@]4(N)CC(=O)CC[C@]34C)[C@H]1CCC2=O. The minimum absolute atomic E-state index is 0.0448. The molecule has 2 N–H and O–H groups in total. The third kappa shape index (κ3) is 1.61. The van der Waals surface area contributed by atoms with E-state index in [9.17, 15) is 9.59 Å². The second-order valence-electron chi connectivity index (χ2n) is 8.70. The van der Waals surface area contributed by atoms with Crippen LogP contribution < -0.4 is 5.73 Å². The summed E-state index contributed by atoms with van der Waals surface area (Å²) in [7, 11) is 0. The Morgan fingerprint density at radius 1 is 1.14 bits per heavy atom. The Morgan fingerprint density at radius 3 is 2.68 bits per heavy atom. The van der Waals surface area contributed by atoms with E-state index < -0.39 is 0 Å². The molecular formula is C19H27NO2. The van der Waals surface area contributed by atoms with Crippen molar-refractivity contribution in [1.82, 2.24) is 0 Å². The normalized spacial score (nSPS) is 51.0. The van der Waals surface area contributed by atoms with Crippen LogP contribution in [0.5, 0.6) is 0 Å². The summed E-state index contributed by atoms with van der Waals surface area (Å²) in [5, 5.41) is 0. The Labute approximate surface area is 132 Å². The van der Waals surface area contributed by atoms with Gasteiger partial charge >= 0.3 is 0 Å². The van der Waals surface area contributed by atoms with E-state index >= 15 is 0 Å². The summed E-state index contributed by atoms with van der Waals surface area (Å²) in [4.78, 5) is 24.3. The highest BCUT2D eigenvalue weighted by atomic mass is 16.1. The van der Waals surface area contributed by atoms with Crippen LogP contribution >= 0.6 is 0 Å². The topological polar surface area (TPSA) is 60.2 Å². The number of carbonyl (C=O) groups is 2. The van der Waals surface area contributed by atoms with Crippen LogP contribution in [-0.2, 0) is 9.59 Å². The maximum Gasteiger partial charge on any atom is 0.139 e. The average Bonchev–Trinajstić information content (AvgIpc) is 2.76. The summed E-state index contributed by atoms with van der Waals surface area (Å²) < 4.78 is 0. The molecule has 0 aromatic heterocycles. The molecule has 0 heterocycles. The Hall–Kier alpha value is -0.960. The predicted molar refractivity (Wildman–Crippen MR) is 85.1 cm³/mol. The summed E-state index contributed by atoms with van der Waals surface area (Å²) in [6.07, 6.45) is 9.10. The number of hydrogen-bond donors (Lipinski definition) is 1. The van der Waals surface area contributed by atoms with E-state index in [0.29, 0.717) is 36.2 Å². The van der Waals surface area contributed by atoms with Gasteiger partial charge in [-0.15, -0.1) is 0 Å². The van der Waals surface area contributed by atoms with Crippen molar-refractivity contribution >= 4 is 11.6 Å². The molecule has 4 rings (SSSR count). The minimum Gasteiger partial charge on any atom is -0.324 e. The molecule has 3 fully saturated rings. The summed E-state index contributed by atoms with van der Waals surface area (Å²) in [5.41, 5.74) is 7.72. The Bertz CT molecular complexity index is 594. The molecule has 0 unspecified atom stereocenters. The fourth-order valence-electron chi connectivity index (χ4n) is 6.17. The second kappa shape index (κ2) is 4.31.